The molecule has 0 bridgehead atoms. The van der Waals surface area contributed by atoms with Crippen molar-refractivity contribution in [3.63, 3.8) is 0 Å². The van der Waals surface area contributed by atoms with Crippen LogP contribution < -0.4 is 5.32 Å². The van der Waals surface area contributed by atoms with Crippen molar-refractivity contribution in [1.29, 1.82) is 0 Å². The van der Waals surface area contributed by atoms with Gasteiger partial charge in [0, 0.05) is 22.0 Å². The molecule has 112 valence electrons. The van der Waals surface area contributed by atoms with Crippen molar-refractivity contribution in [2.75, 3.05) is 5.32 Å². The minimum absolute atomic E-state index is 0.120. The Bertz CT molecular complexity index is 659. The second-order valence-corrected chi connectivity index (χ2v) is 7.04. The summed E-state index contributed by atoms with van der Waals surface area (Å²) in [6, 6.07) is 8.19. The lowest BCUT2D eigenvalue weighted by Gasteiger charge is -2.15. The summed E-state index contributed by atoms with van der Waals surface area (Å²) in [6.07, 6.45) is 0. The van der Waals surface area contributed by atoms with Crippen LogP contribution in [0.5, 0.6) is 0 Å². The molecule has 0 atom stereocenters. The number of carbonyl (C=O) groups is 1. The first kappa shape index (κ1) is 15.5. The molecule has 0 amide bonds. The number of carboxylic acid groups (broad SMARTS) is 1. The highest BCUT2D eigenvalue weighted by molar-refractivity contribution is 7.12. The van der Waals surface area contributed by atoms with E-state index < -0.39 is 11.8 Å². The maximum absolute atomic E-state index is 13.3. The number of hydrogen-bond acceptors (Lipinski definition) is 3. The number of thiophene rings is 1. The number of halogens is 1. The summed E-state index contributed by atoms with van der Waals surface area (Å²) in [4.78, 5) is 13.3. The lowest BCUT2D eigenvalue weighted by atomic mass is 9.95. The SMILES string of the molecule is CC(C)(C)c1ccc(CNc2ccc(F)c(C(=O)O)c2)s1. The molecule has 0 fully saturated rings. The Hall–Kier alpha value is -1.88. The van der Waals surface area contributed by atoms with E-state index in [1.165, 1.54) is 17.0 Å². The smallest absolute Gasteiger partial charge is 0.338 e. The molecule has 0 aliphatic rings. The highest BCUT2D eigenvalue weighted by atomic mass is 32.1. The van der Waals surface area contributed by atoms with E-state index in [9.17, 15) is 9.18 Å². The molecule has 0 aliphatic heterocycles. The van der Waals surface area contributed by atoms with Crippen molar-refractivity contribution in [3.05, 3.63) is 51.5 Å². The zero-order chi connectivity index (χ0) is 15.6. The van der Waals surface area contributed by atoms with Gasteiger partial charge in [-0.15, -0.1) is 11.3 Å². The van der Waals surface area contributed by atoms with Gasteiger partial charge >= 0.3 is 5.97 Å². The van der Waals surface area contributed by atoms with Crippen molar-refractivity contribution in [1.82, 2.24) is 0 Å². The molecule has 21 heavy (non-hydrogen) atoms. The maximum Gasteiger partial charge on any atom is 0.338 e. The van der Waals surface area contributed by atoms with Crippen LogP contribution in [0.2, 0.25) is 0 Å². The molecule has 2 rings (SSSR count). The van der Waals surface area contributed by atoms with Gasteiger partial charge in [-0.05, 0) is 35.7 Å². The van der Waals surface area contributed by atoms with E-state index in [0.717, 1.165) is 4.88 Å². The van der Waals surface area contributed by atoms with E-state index in [4.69, 9.17) is 5.11 Å². The van der Waals surface area contributed by atoms with Crippen molar-refractivity contribution >= 4 is 23.0 Å². The minimum Gasteiger partial charge on any atom is -0.478 e. The van der Waals surface area contributed by atoms with E-state index in [-0.39, 0.29) is 11.0 Å². The highest BCUT2D eigenvalue weighted by Gasteiger charge is 2.16. The largest absolute Gasteiger partial charge is 0.478 e. The Balaban J connectivity index is 2.08. The van der Waals surface area contributed by atoms with Crippen LogP contribution in [-0.2, 0) is 12.0 Å². The molecule has 3 nitrogen and oxygen atoms in total. The van der Waals surface area contributed by atoms with Gasteiger partial charge in [0.15, 0.2) is 0 Å². The molecule has 0 saturated heterocycles. The van der Waals surface area contributed by atoms with Crippen molar-refractivity contribution in [3.8, 4) is 0 Å². The number of aromatic carboxylic acids is 1. The van der Waals surface area contributed by atoms with Crippen LogP contribution >= 0.6 is 11.3 Å². The fraction of sp³-hybridized carbons (Fsp3) is 0.312. The molecule has 0 aliphatic carbocycles. The second kappa shape index (κ2) is 5.85. The predicted octanol–water partition coefficient (Wildman–Crippen LogP) is 4.50. The Kier molecular flexibility index (Phi) is 4.32. The normalized spacial score (nSPS) is 11.4. The van der Waals surface area contributed by atoms with Gasteiger partial charge in [0.05, 0.1) is 5.56 Å². The molecule has 0 radical (unpaired) electrons. The first-order chi connectivity index (χ1) is 9.77. The molecule has 0 saturated carbocycles. The van der Waals surface area contributed by atoms with E-state index in [0.29, 0.717) is 12.2 Å². The van der Waals surface area contributed by atoms with Gasteiger partial charge in [-0.3, -0.25) is 0 Å². The molecular weight excluding hydrogens is 289 g/mol. The molecule has 2 aromatic rings. The van der Waals surface area contributed by atoms with E-state index >= 15 is 0 Å². The van der Waals surface area contributed by atoms with Gasteiger partial charge in [0.2, 0.25) is 0 Å². The van der Waals surface area contributed by atoms with Gasteiger partial charge in [0.25, 0.3) is 0 Å². The van der Waals surface area contributed by atoms with Crippen LogP contribution in [0.1, 0.15) is 40.9 Å². The van der Waals surface area contributed by atoms with Crippen LogP contribution in [0, 0.1) is 5.82 Å². The van der Waals surface area contributed by atoms with Crippen molar-refractivity contribution in [2.24, 2.45) is 0 Å². The zero-order valence-corrected chi connectivity index (χ0v) is 13.1. The predicted molar refractivity (Wildman–Crippen MR) is 83.7 cm³/mol. The fourth-order valence-electron chi connectivity index (χ4n) is 1.86. The Morgan fingerprint density at radius 1 is 1.29 bits per heavy atom. The number of rotatable bonds is 4. The first-order valence-electron chi connectivity index (χ1n) is 6.63. The molecular formula is C16H18FNO2S. The van der Waals surface area contributed by atoms with Crippen molar-refractivity contribution < 1.29 is 14.3 Å². The minimum atomic E-state index is -1.26. The van der Waals surface area contributed by atoms with Gasteiger partial charge in [-0.1, -0.05) is 20.8 Å². The van der Waals surface area contributed by atoms with Gasteiger partial charge in [-0.25, -0.2) is 9.18 Å². The monoisotopic (exact) mass is 307 g/mol. The lowest BCUT2D eigenvalue weighted by Crippen LogP contribution is -2.07. The zero-order valence-electron chi connectivity index (χ0n) is 12.2. The number of anilines is 1. The first-order valence-corrected chi connectivity index (χ1v) is 7.45. The maximum atomic E-state index is 13.3. The number of nitrogens with one attached hydrogen (secondary N) is 1. The third kappa shape index (κ3) is 3.82. The highest BCUT2D eigenvalue weighted by Crippen LogP contribution is 2.29. The third-order valence-electron chi connectivity index (χ3n) is 3.06. The summed E-state index contributed by atoms with van der Waals surface area (Å²) < 4.78 is 13.3. The topological polar surface area (TPSA) is 49.3 Å². The molecule has 1 aromatic heterocycles. The second-order valence-electron chi connectivity index (χ2n) is 5.87. The van der Waals surface area contributed by atoms with E-state index in [1.54, 1.807) is 17.4 Å². The van der Waals surface area contributed by atoms with Crippen LogP contribution in [-0.4, -0.2) is 11.1 Å². The average Bonchev–Trinajstić information content (AvgIpc) is 2.86. The summed E-state index contributed by atoms with van der Waals surface area (Å²) in [6.45, 7) is 7.07. The summed E-state index contributed by atoms with van der Waals surface area (Å²) >= 11 is 1.72. The lowest BCUT2D eigenvalue weighted by molar-refractivity contribution is 0.0692. The summed E-state index contributed by atoms with van der Waals surface area (Å²) in [7, 11) is 0. The number of hydrogen-bond donors (Lipinski definition) is 2. The van der Waals surface area contributed by atoms with Crippen LogP contribution in [0.3, 0.4) is 0 Å². The van der Waals surface area contributed by atoms with Gasteiger partial charge in [-0.2, -0.15) is 0 Å². The van der Waals surface area contributed by atoms with E-state index in [2.05, 4.69) is 38.2 Å². The van der Waals surface area contributed by atoms with Crippen LogP contribution in [0.4, 0.5) is 10.1 Å². The summed E-state index contributed by atoms with van der Waals surface area (Å²) in [5, 5.41) is 12.0. The quantitative estimate of drug-likeness (QED) is 0.874. The molecule has 1 heterocycles. The molecule has 5 heteroatoms. The average molecular weight is 307 g/mol. The molecule has 0 unspecified atom stereocenters. The Morgan fingerprint density at radius 3 is 2.57 bits per heavy atom. The summed E-state index contributed by atoms with van der Waals surface area (Å²) in [5.41, 5.74) is 0.399. The third-order valence-corrected chi connectivity index (χ3v) is 4.58. The van der Waals surface area contributed by atoms with E-state index in [1.807, 2.05) is 0 Å². The summed E-state index contributed by atoms with van der Waals surface area (Å²) in [5.74, 6) is -1.98. The number of carboxylic acids is 1. The molecule has 0 spiro atoms. The van der Waals surface area contributed by atoms with Gasteiger partial charge in [0.1, 0.15) is 5.82 Å². The Labute approximate surface area is 127 Å². The standard InChI is InChI=1S/C16H18FNO2S/c1-16(2,3)14-7-5-11(21-14)9-18-10-4-6-13(17)12(8-10)15(19)20/h4-8,18H,9H2,1-3H3,(H,19,20). The Morgan fingerprint density at radius 2 is 2.00 bits per heavy atom. The van der Waals surface area contributed by atoms with Crippen LogP contribution in [0.15, 0.2) is 30.3 Å². The van der Waals surface area contributed by atoms with Crippen LogP contribution in [0.25, 0.3) is 0 Å². The molecule has 1 aromatic carbocycles. The van der Waals surface area contributed by atoms with Gasteiger partial charge < -0.3 is 10.4 Å². The number of benzene rings is 1. The van der Waals surface area contributed by atoms with Crippen molar-refractivity contribution in [2.45, 2.75) is 32.7 Å². The molecule has 2 N–H and O–H groups in total. The fourth-order valence-corrected chi connectivity index (χ4v) is 2.87.